The Labute approximate surface area is 80.6 Å². The summed E-state index contributed by atoms with van der Waals surface area (Å²) in [7, 11) is 0. The Morgan fingerprint density at radius 3 is 2.43 bits per heavy atom. The van der Waals surface area contributed by atoms with Crippen LogP contribution < -0.4 is 5.11 Å². The zero-order chi connectivity index (χ0) is 10.6. The molecule has 0 aromatic heterocycles. The van der Waals surface area contributed by atoms with Crippen LogP contribution in [-0.4, -0.2) is 11.1 Å². The van der Waals surface area contributed by atoms with E-state index in [1.54, 1.807) is 0 Å². The highest BCUT2D eigenvalue weighted by atomic mass is 16.4. The van der Waals surface area contributed by atoms with E-state index in [9.17, 15) is 9.90 Å². The number of nitrogens with zero attached hydrogens (tertiary/aromatic N) is 1. The number of aliphatic carboxylic acids is 1. The molecule has 4 heteroatoms. The standard InChI is InChI=1S/C10H7NO3/c1-11-9(10(13)14)6-7-2-4-8(12)5-3-7/h2-6,12H,(H,13,14)/p-1/b9-6-. The van der Waals surface area contributed by atoms with Gasteiger partial charge in [-0.25, -0.2) is 4.85 Å². The van der Waals surface area contributed by atoms with Gasteiger partial charge in [-0.15, -0.1) is 5.75 Å². The molecule has 0 atom stereocenters. The van der Waals surface area contributed by atoms with Crippen molar-refractivity contribution < 1.29 is 15.0 Å². The highest BCUT2D eigenvalue weighted by Gasteiger charge is 2.05. The Hall–Kier alpha value is -2.28. The summed E-state index contributed by atoms with van der Waals surface area (Å²) in [6.07, 6.45) is 1.22. The lowest BCUT2D eigenvalue weighted by Crippen LogP contribution is -1.95. The van der Waals surface area contributed by atoms with E-state index in [1.807, 2.05) is 0 Å². The minimum Gasteiger partial charge on any atom is -0.872 e. The van der Waals surface area contributed by atoms with Crippen LogP contribution in [0.15, 0.2) is 30.0 Å². The second-order valence-corrected chi connectivity index (χ2v) is 2.52. The molecule has 0 aliphatic carbocycles. The first kappa shape index (κ1) is 9.81. The second kappa shape index (κ2) is 4.10. The molecule has 4 nitrogen and oxygen atoms in total. The zero-order valence-electron chi connectivity index (χ0n) is 7.10. The lowest BCUT2D eigenvalue weighted by molar-refractivity contribution is -0.268. The molecule has 1 aromatic carbocycles. The van der Waals surface area contributed by atoms with Gasteiger partial charge in [-0.1, -0.05) is 24.3 Å². The molecule has 1 aromatic rings. The fraction of sp³-hybridized carbons (Fsp3) is 0. The molecule has 0 aliphatic heterocycles. The van der Waals surface area contributed by atoms with Gasteiger partial charge in [-0.05, 0) is 11.6 Å². The van der Waals surface area contributed by atoms with Gasteiger partial charge >= 0.3 is 5.97 Å². The van der Waals surface area contributed by atoms with E-state index < -0.39 is 5.97 Å². The molecule has 0 radical (unpaired) electrons. The van der Waals surface area contributed by atoms with Crippen LogP contribution in [0.25, 0.3) is 10.9 Å². The minimum atomic E-state index is -1.27. The Balaban J connectivity index is 3.03. The normalized spacial score (nSPS) is 10.6. The van der Waals surface area contributed by atoms with Gasteiger partial charge in [0.1, 0.15) is 0 Å². The molecule has 0 saturated carbocycles. The van der Waals surface area contributed by atoms with E-state index in [0.29, 0.717) is 5.56 Å². The third-order valence-electron chi connectivity index (χ3n) is 1.52. The first-order valence-corrected chi connectivity index (χ1v) is 3.73. The summed E-state index contributed by atoms with van der Waals surface area (Å²) in [5, 5.41) is 19.3. The molecule has 0 unspecified atom stereocenters. The lowest BCUT2D eigenvalue weighted by Gasteiger charge is -2.03. The fourth-order valence-corrected chi connectivity index (χ4v) is 0.864. The molecule has 0 spiro atoms. The van der Waals surface area contributed by atoms with Crippen molar-refractivity contribution in [3.8, 4) is 5.75 Å². The predicted octanol–water partition coefficient (Wildman–Crippen LogP) is 1.10. The molecule has 0 fully saturated rings. The van der Waals surface area contributed by atoms with E-state index in [4.69, 9.17) is 11.7 Å². The summed E-state index contributed by atoms with van der Waals surface area (Å²) in [6.45, 7) is 6.60. The van der Waals surface area contributed by atoms with Gasteiger partial charge in [-0.3, -0.25) is 4.79 Å². The fourth-order valence-electron chi connectivity index (χ4n) is 0.864. The monoisotopic (exact) mass is 188 g/mol. The van der Waals surface area contributed by atoms with E-state index in [0.717, 1.165) is 0 Å². The molecule has 0 saturated heterocycles. The third kappa shape index (κ3) is 2.35. The molecule has 1 rings (SSSR count). The van der Waals surface area contributed by atoms with E-state index in [-0.39, 0.29) is 11.4 Å². The van der Waals surface area contributed by atoms with Crippen molar-refractivity contribution in [1.29, 1.82) is 0 Å². The highest BCUT2D eigenvalue weighted by molar-refractivity contribution is 5.94. The van der Waals surface area contributed by atoms with Crippen molar-refractivity contribution in [3.05, 3.63) is 46.9 Å². The summed E-state index contributed by atoms with van der Waals surface area (Å²) in [6, 6.07) is 5.57. The van der Waals surface area contributed by atoms with Crippen molar-refractivity contribution in [2.75, 3.05) is 0 Å². The van der Waals surface area contributed by atoms with Crippen LogP contribution in [-0.2, 0) is 4.79 Å². The lowest BCUT2D eigenvalue weighted by atomic mass is 10.2. The van der Waals surface area contributed by atoms with Gasteiger partial charge in [0.15, 0.2) is 0 Å². The number of carbonyl (C=O) groups is 1. The number of benzene rings is 1. The Morgan fingerprint density at radius 2 is 2.00 bits per heavy atom. The van der Waals surface area contributed by atoms with Gasteiger partial charge in [0.25, 0.3) is 5.70 Å². The Bertz CT molecular complexity index is 412. The quantitative estimate of drug-likeness (QED) is 0.558. The van der Waals surface area contributed by atoms with Crippen LogP contribution in [0.1, 0.15) is 5.56 Å². The Kier molecular flexibility index (Phi) is 2.87. The molecular weight excluding hydrogens is 182 g/mol. The zero-order valence-corrected chi connectivity index (χ0v) is 7.10. The van der Waals surface area contributed by atoms with Crippen molar-refractivity contribution in [2.45, 2.75) is 0 Å². The first-order valence-electron chi connectivity index (χ1n) is 3.73. The molecule has 0 heterocycles. The number of carboxylic acid groups (broad SMARTS) is 1. The van der Waals surface area contributed by atoms with Crippen LogP contribution in [0, 0.1) is 6.57 Å². The molecule has 0 aliphatic rings. The van der Waals surface area contributed by atoms with Gasteiger partial charge in [0.05, 0.1) is 6.57 Å². The second-order valence-electron chi connectivity index (χ2n) is 2.52. The average molecular weight is 188 g/mol. The Morgan fingerprint density at radius 1 is 1.43 bits per heavy atom. The molecule has 14 heavy (non-hydrogen) atoms. The minimum absolute atomic E-state index is 0.151. The topological polar surface area (TPSA) is 64.7 Å². The van der Waals surface area contributed by atoms with E-state index in [1.165, 1.54) is 30.3 Å². The van der Waals surface area contributed by atoms with Crippen molar-refractivity contribution in [2.24, 2.45) is 0 Å². The maximum atomic E-state index is 10.7. The largest absolute Gasteiger partial charge is 0.872 e. The molecular formula is C10H6NO3-. The molecule has 70 valence electrons. The summed E-state index contributed by atoms with van der Waals surface area (Å²) in [4.78, 5) is 13.3. The molecule has 0 bridgehead atoms. The number of hydrogen-bond acceptors (Lipinski definition) is 2. The summed E-state index contributed by atoms with van der Waals surface area (Å²) >= 11 is 0. The van der Waals surface area contributed by atoms with Crippen molar-refractivity contribution in [3.63, 3.8) is 0 Å². The van der Waals surface area contributed by atoms with Gasteiger partial charge in [0.2, 0.25) is 0 Å². The highest BCUT2D eigenvalue weighted by Crippen LogP contribution is 2.11. The maximum absolute atomic E-state index is 10.7. The summed E-state index contributed by atoms with van der Waals surface area (Å²) < 4.78 is 0. The van der Waals surface area contributed by atoms with E-state index in [2.05, 4.69) is 4.85 Å². The van der Waals surface area contributed by atoms with E-state index >= 15 is 0 Å². The average Bonchev–Trinajstić information content (AvgIpc) is 2.16. The summed E-state index contributed by atoms with van der Waals surface area (Å²) in [5.74, 6) is -1.42. The van der Waals surface area contributed by atoms with Crippen LogP contribution in [0.2, 0.25) is 0 Å². The summed E-state index contributed by atoms with van der Waals surface area (Å²) in [5.41, 5.74) is 0.154. The molecule has 0 amide bonds. The smallest absolute Gasteiger partial charge is 0.333 e. The first-order chi connectivity index (χ1) is 6.63. The maximum Gasteiger partial charge on any atom is 0.333 e. The number of carboxylic acids is 1. The van der Waals surface area contributed by atoms with Gasteiger partial charge in [0, 0.05) is 0 Å². The van der Waals surface area contributed by atoms with Crippen LogP contribution >= 0.6 is 0 Å². The van der Waals surface area contributed by atoms with Gasteiger partial charge in [-0.2, -0.15) is 0 Å². The predicted molar refractivity (Wildman–Crippen MR) is 48.1 cm³/mol. The van der Waals surface area contributed by atoms with Gasteiger partial charge < -0.3 is 10.2 Å². The van der Waals surface area contributed by atoms with Crippen LogP contribution in [0.4, 0.5) is 0 Å². The number of rotatable bonds is 2. The molecule has 1 N–H and O–H groups in total. The van der Waals surface area contributed by atoms with Crippen molar-refractivity contribution >= 4 is 12.0 Å². The van der Waals surface area contributed by atoms with Crippen LogP contribution in [0.5, 0.6) is 5.75 Å². The third-order valence-corrected chi connectivity index (χ3v) is 1.52. The van der Waals surface area contributed by atoms with Crippen molar-refractivity contribution in [1.82, 2.24) is 0 Å². The SMILES string of the molecule is [C-]#[N+]/C(=C\c1ccc([O-])cc1)C(=O)O. The number of hydrogen-bond donors (Lipinski definition) is 1. The van der Waals surface area contributed by atoms with Crippen LogP contribution in [0.3, 0.4) is 0 Å².